The number of aliphatic carboxylic acids is 1. The van der Waals surface area contributed by atoms with Crippen LogP contribution in [0.2, 0.25) is 0 Å². The first-order chi connectivity index (χ1) is 21.3. The Morgan fingerprint density at radius 1 is 0.955 bits per heavy atom. The molecule has 7 rings (SSSR count). The number of carbonyl (C=O) groups is 1. The molecule has 0 bridgehead atoms. The molecule has 2 atom stereocenters. The summed E-state index contributed by atoms with van der Waals surface area (Å²) in [6, 6.07) is 26.8. The molecular formula is C36H38N6O2. The van der Waals surface area contributed by atoms with E-state index in [1.807, 2.05) is 42.5 Å². The van der Waals surface area contributed by atoms with E-state index >= 15 is 0 Å². The van der Waals surface area contributed by atoms with Crippen molar-refractivity contribution >= 4 is 23.0 Å². The molecule has 8 heteroatoms. The van der Waals surface area contributed by atoms with E-state index in [0.29, 0.717) is 23.5 Å². The van der Waals surface area contributed by atoms with Crippen LogP contribution in [0.5, 0.6) is 0 Å². The molecule has 3 N–H and O–H groups in total. The van der Waals surface area contributed by atoms with Gasteiger partial charge in [-0.25, -0.2) is 15.0 Å². The van der Waals surface area contributed by atoms with Crippen molar-refractivity contribution in [1.29, 1.82) is 0 Å². The second kappa shape index (κ2) is 11.2. The Morgan fingerprint density at radius 2 is 1.73 bits per heavy atom. The lowest BCUT2D eigenvalue weighted by atomic mass is 9.65. The molecule has 1 saturated carbocycles. The Balaban J connectivity index is 1.13. The lowest BCUT2D eigenvalue weighted by Gasteiger charge is -2.45. The number of pyridine rings is 2. The van der Waals surface area contributed by atoms with Gasteiger partial charge < -0.3 is 15.7 Å². The third-order valence-electron chi connectivity index (χ3n) is 9.67. The van der Waals surface area contributed by atoms with E-state index in [0.717, 1.165) is 72.6 Å². The number of nitrogens with two attached hydrogens (primary N) is 1. The Kier molecular flexibility index (Phi) is 7.17. The van der Waals surface area contributed by atoms with Crippen molar-refractivity contribution < 1.29 is 9.90 Å². The zero-order valence-electron chi connectivity index (χ0n) is 25.2. The normalized spacial score (nSPS) is 20.4. The summed E-state index contributed by atoms with van der Waals surface area (Å²) < 4.78 is 2.08. The van der Waals surface area contributed by atoms with Gasteiger partial charge in [-0.3, -0.25) is 9.36 Å². The van der Waals surface area contributed by atoms with Crippen LogP contribution in [-0.2, 0) is 4.79 Å². The highest BCUT2D eigenvalue weighted by atomic mass is 16.4. The number of nitrogen functional groups attached to an aromatic ring is 1. The van der Waals surface area contributed by atoms with Crippen LogP contribution in [-0.4, -0.2) is 55.1 Å². The number of fused-ring (bicyclic) bond motifs is 1. The maximum absolute atomic E-state index is 11.7. The molecule has 2 aliphatic rings. The van der Waals surface area contributed by atoms with Gasteiger partial charge in [0.05, 0.1) is 17.2 Å². The molecule has 1 saturated heterocycles. The number of hydrogen-bond acceptors (Lipinski definition) is 6. The molecule has 1 aliphatic carbocycles. The summed E-state index contributed by atoms with van der Waals surface area (Å²) in [4.78, 5) is 28.6. The van der Waals surface area contributed by atoms with E-state index in [1.54, 1.807) is 6.20 Å². The van der Waals surface area contributed by atoms with Gasteiger partial charge in [-0.15, -0.1) is 0 Å². The molecule has 8 nitrogen and oxygen atoms in total. The first-order valence-corrected chi connectivity index (χ1v) is 15.5. The number of hydrogen-bond donors (Lipinski definition) is 2. The van der Waals surface area contributed by atoms with Crippen molar-refractivity contribution in [2.75, 3.05) is 25.4 Å². The molecule has 0 amide bonds. The highest BCUT2D eigenvalue weighted by Crippen LogP contribution is 2.44. The zero-order chi connectivity index (χ0) is 30.4. The van der Waals surface area contributed by atoms with Crippen LogP contribution in [0.4, 0.5) is 5.82 Å². The standard InChI is InChI=1S/C36H38N6O2/c1-36(2)19-23(10-15-29(36)35(43)44)20-41-21-26(22-41)24-11-13-27(14-12-24)42-33(28-9-6-18-38-32(28)37)40-31-17-16-30(39-34(31)42)25-7-4-3-5-8-25/h3-9,11-14,16-18,23,26,29H,10,15,19-22H2,1-2H3,(H2,37,38)(H,43,44)/t23-,29-/m1/s1. The first kappa shape index (κ1) is 28.2. The van der Waals surface area contributed by atoms with Crippen molar-refractivity contribution in [3.05, 3.63) is 90.6 Å². The van der Waals surface area contributed by atoms with Crippen molar-refractivity contribution in [3.8, 4) is 28.3 Å². The minimum absolute atomic E-state index is 0.150. The highest BCUT2D eigenvalue weighted by Gasteiger charge is 2.42. The zero-order valence-corrected chi connectivity index (χ0v) is 25.2. The third kappa shape index (κ3) is 5.24. The lowest BCUT2D eigenvalue weighted by Crippen LogP contribution is -2.49. The summed E-state index contributed by atoms with van der Waals surface area (Å²) in [5.41, 5.74) is 12.7. The predicted molar refractivity (Wildman–Crippen MR) is 173 cm³/mol. The van der Waals surface area contributed by atoms with Gasteiger partial charge in [0.15, 0.2) is 11.5 Å². The van der Waals surface area contributed by atoms with Gasteiger partial charge in [0.1, 0.15) is 11.3 Å². The van der Waals surface area contributed by atoms with Crippen molar-refractivity contribution in [2.45, 2.75) is 39.0 Å². The van der Waals surface area contributed by atoms with E-state index in [2.05, 4.69) is 64.7 Å². The van der Waals surface area contributed by atoms with Crippen LogP contribution in [0.15, 0.2) is 85.1 Å². The molecule has 0 spiro atoms. The summed E-state index contributed by atoms with van der Waals surface area (Å²) in [5.74, 6) is 1.32. The van der Waals surface area contributed by atoms with Crippen LogP contribution >= 0.6 is 0 Å². The van der Waals surface area contributed by atoms with E-state index in [4.69, 9.17) is 15.7 Å². The number of imidazole rings is 1. The number of nitrogens with zero attached hydrogens (tertiary/aromatic N) is 5. The topological polar surface area (TPSA) is 110 Å². The molecule has 44 heavy (non-hydrogen) atoms. The van der Waals surface area contributed by atoms with Gasteiger partial charge in [-0.05, 0) is 72.6 Å². The molecular weight excluding hydrogens is 548 g/mol. The Labute approximate surface area is 257 Å². The average Bonchev–Trinajstić information content (AvgIpc) is 3.37. The summed E-state index contributed by atoms with van der Waals surface area (Å²) in [6.07, 6.45) is 4.45. The maximum atomic E-state index is 11.7. The van der Waals surface area contributed by atoms with Gasteiger partial charge in [0, 0.05) is 43.0 Å². The van der Waals surface area contributed by atoms with Crippen LogP contribution in [0, 0.1) is 17.3 Å². The van der Waals surface area contributed by atoms with Crippen molar-refractivity contribution in [2.24, 2.45) is 17.3 Å². The fraction of sp³-hybridized carbons (Fsp3) is 0.333. The monoisotopic (exact) mass is 586 g/mol. The molecule has 2 fully saturated rings. The fourth-order valence-corrected chi connectivity index (χ4v) is 7.34. The number of aromatic nitrogens is 4. The minimum Gasteiger partial charge on any atom is -0.481 e. The highest BCUT2D eigenvalue weighted by molar-refractivity contribution is 5.84. The van der Waals surface area contributed by atoms with Gasteiger partial charge in [0.25, 0.3) is 0 Å². The second-order valence-corrected chi connectivity index (χ2v) is 13.1. The fourth-order valence-electron chi connectivity index (χ4n) is 7.34. The van der Waals surface area contributed by atoms with Crippen LogP contribution < -0.4 is 5.73 Å². The number of anilines is 1. The Morgan fingerprint density at radius 3 is 2.43 bits per heavy atom. The van der Waals surface area contributed by atoms with Crippen molar-refractivity contribution in [3.63, 3.8) is 0 Å². The summed E-state index contributed by atoms with van der Waals surface area (Å²) >= 11 is 0. The molecule has 224 valence electrons. The van der Waals surface area contributed by atoms with E-state index in [1.165, 1.54) is 5.56 Å². The molecule has 2 aromatic carbocycles. The van der Waals surface area contributed by atoms with Gasteiger partial charge in [-0.1, -0.05) is 56.3 Å². The van der Waals surface area contributed by atoms with E-state index in [9.17, 15) is 9.90 Å². The average molecular weight is 587 g/mol. The molecule has 5 aromatic rings. The SMILES string of the molecule is CC1(C)C[C@H](CN2CC(c3ccc(-n4c(-c5cccnc5N)nc5ccc(-c6ccccc6)nc54)cc3)C2)CC[C@@H]1C(=O)O. The summed E-state index contributed by atoms with van der Waals surface area (Å²) in [6.45, 7) is 7.36. The van der Waals surface area contributed by atoms with Crippen LogP contribution in [0.3, 0.4) is 0 Å². The second-order valence-electron chi connectivity index (χ2n) is 13.1. The quantitative estimate of drug-likeness (QED) is 0.219. The molecule has 1 aliphatic heterocycles. The predicted octanol–water partition coefficient (Wildman–Crippen LogP) is 6.66. The smallest absolute Gasteiger partial charge is 0.307 e. The van der Waals surface area contributed by atoms with Gasteiger partial charge >= 0.3 is 5.97 Å². The number of carboxylic acid groups (broad SMARTS) is 1. The van der Waals surface area contributed by atoms with E-state index in [-0.39, 0.29) is 11.3 Å². The summed E-state index contributed by atoms with van der Waals surface area (Å²) in [5, 5.41) is 9.61. The first-order valence-electron chi connectivity index (χ1n) is 15.5. The van der Waals surface area contributed by atoms with Crippen molar-refractivity contribution in [1.82, 2.24) is 24.4 Å². The van der Waals surface area contributed by atoms with E-state index < -0.39 is 5.97 Å². The summed E-state index contributed by atoms with van der Waals surface area (Å²) in [7, 11) is 0. The lowest BCUT2D eigenvalue weighted by molar-refractivity contribution is -0.148. The number of benzene rings is 2. The Hall–Kier alpha value is -4.56. The van der Waals surface area contributed by atoms with Gasteiger partial charge in [0.2, 0.25) is 0 Å². The van der Waals surface area contributed by atoms with Crippen LogP contribution in [0.1, 0.15) is 44.6 Å². The molecule has 4 heterocycles. The minimum atomic E-state index is -0.645. The molecule has 0 radical (unpaired) electrons. The number of carboxylic acids is 1. The van der Waals surface area contributed by atoms with Crippen LogP contribution in [0.25, 0.3) is 39.5 Å². The maximum Gasteiger partial charge on any atom is 0.307 e. The number of rotatable bonds is 7. The number of likely N-dealkylation sites (tertiary alicyclic amines) is 1. The largest absolute Gasteiger partial charge is 0.481 e. The molecule has 0 unspecified atom stereocenters. The van der Waals surface area contributed by atoms with Gasteiger partial charge in [-0.2, -0.15) is 0 Å². The molecule has 3 aromatic heterocycles. The Bertz CT molecular complexity index is 1810. The third-order valence-corrected chi connectivity index (χ3v) is 9.67.